The van der Waals surface area contributed by atoms with Crippen molar-refractivity contribution in [3.63, 3.8) is 0 Å². The molecule has 0 aromatic heterocycles. The zero-order chi connectivity index (χ0) is 8.69. The first-order chi connectivity index (χ1) is 5.20. The highest BCUT2D eigenvalue weighted by Crippen LogP contribution is 2.13. The highest BCUT2D eigenvalue weighted by molar-refractivity contribution is 4.93. The van der Waals surface area contributed by atoms with Crippen LogP contribution in [0.2, 0.25) is 0 Å². The number of hydrogen-bond donors (Lipinski definition) is 1. The molecule has 0 rings (SSSR count). The van der Waals surface area contributed by atoms with E-state index in [1.807, 2.05) is 0 Å². The first-order valence-corrected chi connectivity index (χ1v) is 4.54. The molecule has 0 saturated heterocycles. The molecule has 0 spiro atoms. The maximum atomic E-state index is 5.49. The Morgan fingerprint density at radius 1 is 1.45 bits per heavy atom. The summed E-state index contributed by atoms with van der Waals surface area (Å²) in [6, 6.07) is 0. The molecule has 0 fully saturated rings. The molecule has 11 heavy (non-hydrogen) atoms. The fourth-order valence-electron chi connectivity index (χ4n) is 1.13. The summed E-state index contributed by atoms with van der Waals surface area (Å²) >= 11 is 0. The van der Waals surface area contributed by atoms with Crippen LogP contribution in [0, 0.1) is 5.92 Å². The molecule has 0 aromatic rings. The summed E-state index contributed by atoms with van der Waals surface area (Å²) in [7, 11) is 0. The van der Waals surface area contributed by atoms with Gasteiger partial charge in [0.1, 0.15) is 0 Å². The van der Waals surface area contributed by atoms with Gasteiger partial charge in [-0.05, 0) is 39.2 Å². The molecule has 0 radical (unpaired) electrons. The van der Waals surface area contributed by atoms with Crippen LogP contribution in [0.3, 0.4) is 0 Å². The molecule has 0 bridgehead atoms. The maximum absolute atomic E-state index is 5.49. The summed E-state index contributed by atoms with van der Waals surface area (Å²) in [6.45, 7) is 7.36. The zero-order valence-corrected chi connectivity index (χ0v) is 8.06. The molecule has 0 aromatic carbocycles. The van der Waals surface area contributed by atoms with Crippen molar-refractivity contribution in [3.8, 4) is 0 Å². The minimum atomic E-state index is 0.801. The predicted octanol–water partition coefficient (Wildman–Crippen LogP) is 2.72. The van der Waals surface area contributed by atoms with Crippen LogP contribution < -0.4 is 5.73 Å². The molecule has 0 heterocycles. The van der Waals surface area contributed by atoms with Crippen LogP contribution in [-0.2, 0) is 0 Å². The van der Waals surface area contributed by atoms with Crippen LogP contribution in [0.1, 0.15) is 40.0 Å². The molecule has 0 aliphatic heterocycles. The van der Waals surface area contributed by atoms with Crippen LogP contribution in [0.25, 0.3) is 0 Å². The Labute approximate surface area is 70.7 Å². The van der Waals surface area contributed by atoms with Crippen molar-refractivity contribution >= 4 is 0 Å². The number of hydrogen-bond acceptors (Lipinski definition) is 1. The molecule has 66 valence electrons. The summed E-state index contributed by atoms with van der Waals surface area (Å²) in [6.07, 6.45) is 5.93. The second-order valence-electron chi connectivity index (χ2n) is 3.37. The molecule has 0 amide bonds. The number of allylic oxidation sites excluding steroid dienone is 2. The topological polar surface area (TPSA) is 26.0 Å². The van der Waals surface area contributed by atoms with Gasteiger partial charge in [-0.1, -0.05) is 25.0 Å². The Bertz CT molecular complexity index is 112. The Morgan fingerprint density at radius 2 is 2.09 bits per heavy atom. The van der Waals surface area contributed by atoms with E-state index < -0.39 is 0 Å². The van der Waals surface area contributed by atoms with Gasteiger partial charge >= 0.3 is 0 Å². The van der Waals surface area contributed by atoms with E-state index in [2.05, 4.69) is 26.8 Å². The fourth-order valence-corrected chi connectivity index (χ4v) is 1.13. The fraction of sp³-hybridized carbons (Fsp3) is 0.800. The second kappa shape index (κ2) is 6.41. The van der Waals surface area contributed by atoms with Crippen LogP contribution >= 0.6 is 0 Å². The molecule has 0 aliphatic rings. The third-order valence-corrected chi connectivity index (χ3v) is 2.01. The Hall–Kier alpha value is -0.300. The van der Waals surface area contributed by atoms with Gasteiger partial charge in [0.05, 0.1) is 0 Å². The number of rotatable bonds is 5. The van der Waals surface area contributed by atoms with E-state index in [-0.39, 0.29) is 0 Å². The van der Waals surface area contributed by atoms with Gasteiger partial charge in [0, 0.05) is 0 Å². The van der Waals surface area contributed by atoms with E-state index in [1.165, 1.54) is 24.8 Å². The van der Waals surface area contributed by atoms with Gasteiger partial charge in [0.15, 0.2) is 0 Å². The Kier molecular flexibility index (Phi) is 6.24. The molecule has 0 aliphatic carbocycles. The molecule has 1 atom stereocenters. The highest BCUT2D eigenvalue weighted by atomic mass is 14.5. The summed E-state index contributed by atoms with van der Waals surface area (Å²) < 4.78 is 0. The van der Waals surface area contributed by atoms with Gasteiger partial charge < -0.3 is 5.73 Å². The SMILES string of the molecule is CCC(CC=C(C)C)CCN. The van der Waals surface area contributed by atoms with E-state index >= 15 is 0 Å². The normalized spacial score (nSPS) is 12.7. The lowest BCUT2D eigenvalue weighted by Crippen LogP contribution is -2.07. The average Bonchev–Trinajstić information content (AvgIpc) is 1.97. The second-order valence-corrected chi connectivity index (χ2v) is 3.37. The van der Waals surface area contributed by atoms with Crippen molar-refractivity contribution in [1.82, 2.24) is 0 Å². The van der Waals surface area contributed by atoms with Crippen molar-refractivity contribution in [2.24, 2.45) is 11.7 Å². The Balaban J connectivity index is 3.60. The quantitative estimate of drug-likeness (QED) is 0.607. The molecular weight excluding hydrogens is 134 g/mol. The van der Waals surface area contributed by atoms with Gasteiger partial charge in [-0.15, -0.1) is 0 Å². The summed E-state index contributed by atoms with van der Waals surface area (Å²) in [5.74, 6) is 0.801. The molecule has 0 saturated carbocycles. The van der Waals surface area contributed by atoms with E-state index in [4.69, 9.17) is 5.73 Å². The van der Waals surface area contributed by atoms with Gasteiger partial charge in [-0.2, -0.15) is 0 Å². The first kappa shape index (κ1) is 10.7. The van der Waals surface area contributed by atoms with Crippen molar-refractivity contribution < 1.29 is 0 Å². The largest absolute Gasteiger partial charge is 0.330 e. The van der Waals surface area contributed by atoms with E-state index in [9.17, 15) is 0 Å². The first-order valence-electron chi connectivity index (χ1n) is 4.54. The van der Waals surface area contributed by atoms with Crippen LogP contribution in [0.5, 0.6) is 0 Å². The monoisotopic (exact) mass is 155 g/mol. The van der Waals surface area contributed by atoms with Gasteiger partial charge in [-0.3, -0.25) is 0 Å². The lowest BCUT2D eigenvalue weighted by molar-refractivity contribution is 0.482. The van der Waals surface area contributed by atoms with Crippen LogP contribution in [0.4, 0.5) is 0 Å². The van der Waals surface area contributed by atoms with E-state index in [0.717, 1.165) is 12.5 Å². The average molecular weight is 155 g/mol. The third-order valence-electron chi connectivity index (χ3n) is 2.01. The molecule has 2 N–H and O–H groups in total. The maximum Gasteiger partial charge on any atom is -0.00745 e. The van der Waals surface area contributed by atoms with Crippen molar-refractivity contribution in [2.45, 2.75) is 40.0 Å². The van der Waals surface area contributed by atoms with Crippen LogP contribution in [0.15, 0.2) is 11.6 Å². The minimum Gasteiger partial charge on any atom is -0.330 e. The summed E-state index contributed by atoms with van der Waals surface area (Å²) in [4.78, 5) is 0. The lowest BCUT2D eigenvalue weighted by atomic mass is 9.97. The molecule has 1 nitrogen and oxygen atoms in total. The summed E-state index contributed by atoms with van der Waals surface area (Å²) in [5, 5.41) is 0. The Morgan fingerprint density at radius 3 is 2.45 bits per heavy atom. The number of nitrogens with two attached hydrogens (primary N) is 1. The highest BCUT2D eigenvalue weighted by Gasteiger charge is 2.01. The van der Waals surface area contributed by atoms with Crippen LogP contribution in [-0.4, -0.2) is 6.54 Å². The summed E-state index contributed by atoms with van der Waals surface area (Å²) in [5.41, 5.74) is 6.91. The van der Waals surface area contributed by atoms with E-state index in [1.54, 1.807) is 0 Å². The van der Waals surface area contributed by atoms with Gasteiger partial charge in [-0.25, -0.2) is 0 Å². The molecular formula is C10H21N. The van der Waals surface area contributed by atoms with Crippen molar-refractivity contribution in [2.75, 3.05) is 6.54 Å². The molecule has 1 unspecified atom stereocenters. The zero-order valence-electron chi connectivity index (χ0n) is 8.06. The van der Waals surface area contributed by atoms with Gasteiger partial charge in [0.25, 0.3) is 0 Å². The van der Waals surface area contributed by atoms with Crippen molar-refractivity contribution in [1.29, 1.82) is 0 Å². The molecule has 1 heteroatoms. The van der Waals surface area contributed by atoms with Gasteiger partial charge in [0.2, 0.25) is 0 Å². The van der Waals surface area contributed by atoms with E-state index in [0.29, 0.717) is 0 Å². The standard InChI is InChI=1S/C10H21N/c1-4-10(7-8-11)6-5-9(2)3/h5,10H,4,6-8,11H2,1-3H3. The predicted molar refractivity (Wildman–Crippen MR) is 51.5 cm³/mol. The smallest absolute Gasteiger partial charge is 0.00745 e. The van der Waals surface area contributed by atoms with Crippen molar-refractivity contribution in [3.05, 3.63) is 11.6 Å². The lowest BCUT2D eigenvalue weighted by Gasteiger charge is -2.10. The minimum absolute atomic E-state index is 0.801. The third kappa shape index (κ3) is 6.11.